The zero-order chi connectivity index (χ0) is 14.4. The monoisotopic (exact) mass is 273 g/mol. The molecule has 0 bridgehead atoms. The maximum absolute atomic E-state index is 14.0. The van der Waals surface area contributed by atoms with Crippen molar-refractivity contribution in [3.8, 4) is 5.75 Å². The van der Waals surface area contributed by atoms with E-state index in [-0.39, 0.29) is 17.6 Å². The Kier molecular flexibility index (Phi) is 5.13. The lowest BCUT2D eigenvalue weighted by molar-refractivity contribution is 0.383. The van der Waals surface area contributed by atoms with E-state index in [4.69, 9.17) is 10.5 Å². The number of methoxy groups -OCH3 is 1. The molecule has 1 unspecified atom stereocenters. The lowest BCUT2D eigenvalue weighted by Gasteiger charge is -2.13. The molecule has 0 spiro atoms. The number of halogens is 1. The molecule has 2 N–H and O–H groups in total. The van der Waals surface area contributed by atoms with E-state index in [1.807, 2.05) is 18.2 Å². The maximum atomic E-state index is 14.0. The van der Waals surface area contributed by atoms with Crippen LogP contribution in [-0.2, 0) is 12.8 Å². The van der Waals surface area contributed by atoms with Gasteiger partial charge in [-0.15, -0.1) is 0 Å². The van der Waals surface area contributed by atoms with Crippen molar-refractivity contribution in [2.24, 2.45) is 5.73 Å². The van der Waals surface area contributed by atoms with Gasteiger partial charge < -0.3 is 10.5 Å². The molecule has 2 aromatic rings. The van der Waals surface area contributed by atoms with Gasteiger partial charge in [-0.25, -0.2) is 4.39 Å². The summed E-state index contributed by atoms with van der Waals surface area (Å²) in [5, 5.41) is 0. The van der Waals surface area contributed by atoms with Gasteiger partial charge in [-0.2, -0.15) is 0 Å². The number of hydrogen-bond acceptors (Lipinski definition) is 2. The predicted molar refractivity (Wildman–Crippen MR) is 79.4 cm³/mol. The summed E-state index contributed by atoms with van der Waals surface area (Å²) >= 11 is 0. The number of hydrogen-bond donors (Lipinski definition) is 1. The second-order valence-electron chi connectivity index (χ2n) is 4.92. The van der Waals surface area contributed by atoms with Crippen molar-refractivity contribution < 1.29 is 9.13 Å². The highest BCUT2D eigenvalue weighted by Crippen LogP contribution is 2.21. The average molecular weight is 273 g/mol. The van der Waals surface area contributed by atoms with Gasteiger partial charge >= 0.3 is 0 Å². The molecule has 0 fully saturated rings. The molecule has 0 aromatic heterocycles. The van der Waals surface area contributed by atoms with E-state index in [1.54, 1.807) is 18.2 Å². The summed E-state index contributed by atoms with van der Waals surface area (Å²) in [7, 11) is 1.47. The molecule has 106 valence electrons. The first kappa shape index (κ1) is 14.5. The molecule has 3 heteroatoms. The fraction of sp³-hybridized carbons (Fsp3) is 0.294. The highest BCUT2D eigenvalue weighted by atomic mass is 19.1. The normalized spacial score (nSPS) is 12.2. The first-order valence-corrected chi connectivity index (χ1v) is 6.81. The molecule has 0 heterocycles. The molecule has 0 amide bonds. The molecular formula is C17H20FNO. The standard InChI is InChI=1S/C17H20FNO/c1-20-16-9-5-8-14(17(16)18)12-15(19)11-10-13-6-3-2-4-7-13/h2-9,15H,10-12,19H2,1H3. The Labute approximate surface area is 119 Å². The largest absolute Gasteiger partial charge is 0.494 e. The highest BCUT2D eigenvalue weighted by molar-refractivity contribution is 5.31. The SMILES string of the molecule is COc1cccc(CC(N)CCc2ccccc2)c1F. The van der Waals surface area contributed by atoms with Gasteiger partial charge in [-0.1, -0.05) is 42.5 Å². The molecular weight excluding hydrogens is 253 g/mol. The van der Waals surface area contributed by atoms with E-state index < -0.39 is 0 Å². The maximum Gasteiger partial charge on any atom is 0.168 e. The summed E-state index contributed by atoms with van der Waals surface area (Å²) in [6.07, 6.45) is 2.27. The van der Waals surface area contributed by atoms with Crippen LogP contribution in [0.3, 0.4) is 0 Å². The minimum absolute atomic E-state index is 0.0585. The average Bonchev–Trinajstić information content (AvgIpc) is 2.48. The third kappa shape index (κ3) is 3.81. The molecule has 0 aliphatic carbocycles. The van der Waals surface area contributed by atoms with Crippen molar-refractivity contribution in [3.63, 3.8) is 0 Å². The van der Waals surface area contributed by atoms with Gasteiger partial charge in [0.2, 0.25) is 0 Å². The first-order chi connectivity index (χ1) is 9.70. The van der Waals surface area contributed by atoms with E-state index >= 15 is 0 Å². The number of rotatable bonds is 6. The molecule has 0 saturated carbocycles. The van der Waals surface area contributed by atoms with Gasteiger partial charge in [0.25, 0.3) is 0 Å². The molecule has 2 nitrogen and oxygen atoms in total. The third-order valence-electron chi connectivity index (χ3n) is 3.39. The molecule has 0 aliphatic rings. The number of benzene rings is 2. The lowest BCUT2D eigenvalue weighted by Crippen LogP contribution is -2.24. The minimum atomic E-state index is -0.301. The Bertz CT molecular complexity index is 542. The topological polar surface area (TPSA) is 35.2 Å². The molecule has 2 aromatic carbocycles. The second kappa shape index (κ2) is 7.06. The van der Waals surface area contributed by atoms with Crippen LogP contribution in [0, 0.1) is 5.82 Å². The zero-order valence-electron chi connectivity index (χ0n) is 11.7. The molecule has 1 atom stereocenters. The third-order valence-corrected chi connectivity index (χ3v) is 3.39. The van der Waals surface area contributed by atoms with Crippen LogP contribution in [0.4, 0.5) is 4.39 Å². The van der Waals surface area contributed by atoms with Gasteiger partial charge in [0, 0.05) is 6.04 Å². The van der Waals surface area contributed by atoms with Crippen molar-refractivity contribution in [1.29, 1.82) is 0 Å². The van der Waals surface area contributed by atoms with Crippen LogP contribution in [0.1, 0.15) is 17.5 Å². The van der Waals surface area contributed by atoms with Gasteiger partial charge in [0.1, 0.15) is 0 Å². The molecule has 0 saturated heterocycles. The van der Waals surface area contributed by atoms with Crippen LogP contribution in [0.15, 0.2) is 48.5 Å². The summed E-state index contributed by atoms with van der Waals surface area (Å²) in [5.74, 6) is -0.0251. The Morgan fingerprint density at radius 2 is 1.85 bits per heavy atom. The summed E-state index contributed by atoms with van der Waals surface area (Å²) < 4.78 is 19.0. The number of nitrogens with two attached hydrogens (primary N) is 1. The van der Waals surface area contributed by atoms with Crippen LogP contribution in [-0.4, -0.2) is 13.2 Å². The fourth-order valence-electron chi connectivity index (χ4n) is 2.25. The Hall–Kier alpha value is -1.87. The van der Waals surface area contributed by atoms with E-state index in [1.165, 1.54) is 12.7 Å². The predicted octanol–water partition coefficient (Wildman–Crippen LogP) is 3.34. The molecule has 2 rings (SSSR count). The van der Waals surface area contributed by atoms with Crippen LogP contribution >= 0.6 is 0 Å². The van der Waals surface area contributed by atoms with Crippen LogP contribution < -0.4 is 10.5 Å². The summed E-state index contributed by atoms with van der Waals surface area (Å²) in [6, 6.07) is 15.3. The summed E-state index contributed by atoms with van der Waals surface area (Å²) in [4.78, 5) is 0. The fourth-order valence-corrected chi connectivity index (χ4v) is 2.25. The smallest absolute Gasteiger partial charge is 0.168 e. The molecule has 0 radical (unpaired) electrons. The van der Waals surface area contributed by atoms with E-state index in [9.17, 15) is 4.39 Å². The minimum Gasteiger partial charge on any atom is -0.494 e. The first-order valence-electron chi connectivity index (χ1n) is 6.81. The van der Waals surface area contributed by atoms with Gasteiger partial charge in [-0.3, -0.25) is 0 Å². The van der Waals surface area contributed by atoms with Crippen LogP contribution in [0.25, 0.3) is 0 Å². The number of ether oxygens (including phenoxy) is 1. The van der Waals surface area contributed by atoms with Crippen molar-refractivity contribution >= 4 is 0 Å². The van der Waals surface area contributed by atoms with Crippen molar-refractivity contribution in [1.82, 2.24) is 0 Å². The quantitative estimate of drug-likeness (QED) is 0.876. The van der Waals surface area contributed by atoms with Gasteiger partial charge in [-0.05, 0) is 36.5 Å². The van der Waals surface area contributed by atoms with Crippen molar-refractivity contribution in [2.75, 3.05) is 7.11 Å². The van der Waals surface area contributed by atoms with Crippen molar-refractivity contribution in [3.05, 3.63) is 65.5 Å². The van der Waals surface area contributed by atoms with E-state index in [0.717, 1.165) is 12.8 Å². The van der Waals surface area contributed by atoms with E-state index in [2.05, 4.69) is 12.1 Å². The van der Waals surface area contributed by atoms with Crippen LogP contribution in [0.5, 0.6) is 5.75 Å². The van der Waals surface area contributed by atoms with Gasteiger partial charge in [0.15, 0.2) is 11.6 Å². The molecule has 20 heavy (non-hydrogen) atoms. The van der Waals surface area contributed by atoms with Crippen molar-refractivity contribution in [2.45, 2.75) is 25.3 Å². The number of aryl methyl sites for hydroxylation is 1. The highest BCUT2D eigenvalue weighted by Gasteiger charge is 2.12. The van der Waals surface area contributed by atoms with Gasteiger partial charge in [0.05, 0.1) is 7.11 Å². The Morgan fingerprint density at radius 1 is 1.10 bits per heavy atom. The molecule has 0 aliphatic heterocycles. The summed E-state index contributed by atoms with van der Waals surface area (Å²) in [5.41, 5.74) is 7.98. The van der Waals surface area contributed by atoms with E-state index in [0.29, 0.717) is 12.0 Å². The Balaban J connectivity index is 1.93. The summed E-state index contributed by atoms with van der Waals surface area (Å²) in [6.45, 7) is 0. The lowest BCUT2D eigenvalue weighted by atomic mass is 9.99. The Morgan fingerprint density at radius 3 is 2.55 bits per heavy atom. The van der Waals surface area contributed by atoms with Crippen LogP contribution in [0.2, 0.25) is 0 Å². The second-order valence-corrected chi connectivity index (χ2v) is 4.92. The zero-order valence-corrected chi connectivity index (χ0v) is 11.7.